The molecule has 0 rings (SSSR count). The maximum Gasteiger partial charge on any atom is 0.104 e. The molecule has 3 unspecified atom stereocenters. The van der Waals surface area contributed by atoms with Crippen molar-refractivity contribution in [3.63, 3.8) is 0 Å². The molecule has 0 heterocycles. The maximum atomic E-state index is 5.86. The van der Waals surface area contributed by atoms with Gasteiger partial charge in [-0.1, -0.05) is 76.2 Å². The number of hydrogen-bond donors (Lipinski definition) is 0. The predicted octanol–water partition coefficient (Wildman–Crippen LogP) is 13.8. The molecule has 0 aromatic carbocycles. The van der Waals surface area contributed by atoms with Gasteiger partial charge in [-0.2, -0.15) is 0 Å². The van der Waals surface area contributed by atoms with Crippen molar-refractivity contribution < 1.29 is 56.8 Å². The highest BCUT2D eigenvalue weighted by Crippen LogP contribution is 2.25. The molecule has 12 nitrogen and oxygen atoms in total. The van der Waals surface area contributed by atoms with Gasteiger partial charge in [-0.25, -0.2) is 0 Å². The van der Waals surface area contributed by atoms with E-state index < -0.39 is 0 Å². The van der Waals surface area contributed by atoms with Gasteiger partial charge in [-0.3, -0.25) is 0 Å². The Morgan fingerprint density at radius 1 is 0.271 bits per heavy atom. The molecule has 430 valence electrons. The van der Waals surface area contributed by atoms with E-state index in [2.05, 4.69) is 104 Å². The Balaban J connectivity index is -0.000000256. The molecule has 0 radical (unpaired) electrons. The van der Waals surface area contributed by atoms with Crippen molar-refractivity contribution in [3.8, 4) is 0 Å². The molecule has 0 aromatic rings. The monoisotopic (exact) mass is 1010 g/mol. The second kappa shape index (κ2) is 52.0. The first-order chi connectivity index (χ1) is 32.4. The zero-order chi connectivity index (χ0) is 55.3. The van der Waals surface area contributed by atoms with Gasteiger partial charge < -0.3 is 56.8 Å². The van der Waals surface area contributed by atoms with Crippen molar-refractivity contribution in [2.45, 2.75) is 254 Å². The van der Waals surface area contributed by atoms with Crippen molar-refractivity contribution in [1.82, 2.24) is 0 Å². The fourth-order valence-corrected chi connectivity index (χ4v) is 5.24. The molecule has 0 N–H and O–H groups in total. The van der Waals surface area contributed by atoms with Gasteiger partial charge in [0.1, 0.15) is 6.10 Å². The van der Waals surface area contributed by atoms with Crippen LogP contribution in [0.4, 0.5) is 0 Å². The van der Waals surface area contributed by atoms with E-state index in [0.717, 1.165) is 46.1 Å². The lowest BCUT2D eigenvalue weighted by molar-refractivity contribution is -0.0959. The average molecular weight is 1020 g/mol. The molecule has 0 bridgehead atoms. The lowest BCUT2D eigenvalue weighted by Crippen LogP contribution is -2.38. The summed E-state index contributed by atoms with van der Waals surface area (Å²) >= 11 is 0. The molecule has 70 heavy (non-hydrogen) atoms. The highest BCUT2D eigenvalue weighted by Gasteiger charge is 2.30. The predicted molar refractivity (Wildman–Crippen MR) is 297 cm³/mol. The van der Waals surface area contributed by atoms with Crippen LogP contribution in [0, 0.1) is 35.0 Å². The van der Waals surface area contributed by atoms with E-state index in [1.807, 2.05) is 83.1 Å². The first-order valence-corrected chi connectivity index (χ1v) is 27.7. The van der Waals surface area contributed by atoms with Crippen molar-refractivity contribution in [2.75, 3.05) is 92.5 Å². The van der Waals surface area contributed by atoms with Crippen LogP contribution in [0.2, 0.25) is 0 Å². The van der Waals surface area contributed by atoms with Crippen LogP contribution in [0.1, 0.15) is 193 Å². The van der Waals surface area contributed by atoms with Crippen LogP contribution in [-0.2, 0) is 56.8 Å². The summed E-state index contributed by atoms with van der Waals surface area (Å²) in [5.74, 6) is 2.95. The zero-order valence-electron chi connectivity index (χ0n) is 51.7. The zero-order valence-corrected chi connectivity index (χ0v) is 51.7. The van der Waals surface area contributed by atoms with E-state index in [1.165, 1.54) is 0 Å². The van der Waals surface area contributed by atoms with Gasteiger partial charge in [0.15, 0.2) is 0 Å². The summed E-state index contributed by atoms with van der Waals surface area (Å²) < 4.78 is 66.9. The molecule has 0 amide bonds. The summed E-state index contributed by atoms with van der Waals surface area (Å²) in [5, 5.41) is 0. The molecule has 12 heteroatoms. The van der Waals surface area contributed by atoms with Crippen LogP contribution in [0.5, 0.6) is 0 Å². The van der Waals surface area contributed by atoms with E-state index in [-0.39, 0.29) is 48.1 Å². The summed E-state index contributed by atoms with van der Waals surface area (Å²) in [6.07, 6.45) is 3.33. The van der Waals surface area contributed by atoms with Crippen LogP contribution >= 0.6 is 0 Å². The smallest absolute Gasteiger partial charge is 0.104 e. The van der Waals surface area contributed by atoms with Crippen molar-refractivity contribution in [1.29, 1.82) is 0 Å². The van der Waals surface area contributed by atoms with Crippen LogP contribution < -0.4 is 0 Å². The quantitative estimate of drug-likeness (QED) is 0.0549. The molecule has 0 aliphatic carbocycles. The lowest BCUT2D eigenvalue weighted by Gasteiger charge is -2.33. The van der Waals surface area contributed by atoms with Gasteiger partial charge in [0.25, 0.3) is 0 Å². The standard InChI is InChI=1S/C16H34O3.C13H28O3.2C10H22O2.C9H20O2/c1-8-16(11-18-14(4)5,12-19-15(6)7)10-17-9-13(2)3;1-10(2)7-14-8-13(16-12(5)6)9-15-11(3)4;1-8(2)6-12-10(5)7-11-9(3)4;1-8(2)6-11-7-10(5)12-9(3)4;1-8(2)7-10-5-6-11-9(3)4/h13-15H,8-12H2,1-7H3;10-13H,7-9H2,1-6H3;2*8-10H,6-7H2,1-5H3;8-9H,5-7H2,1-4H3. The van der Waals surface area contributed by atoms with E-state index >= 15 is 0 Å². The summed E-state index contributed by atoms with van der Waals surface area (Å²) in [5.41, 5.74) is -0.0244. The Morgan fingerprint density at radius 3 is 1.04 bits per heavy atom. The van der Waals surface area contributed by atoms with Gasteiger partial charge in [-0.15, -0.1) is 0 Å². The third kappa shape index (κ3) is 71.8. The van der Waals surface area contributed by atoms with Gasteiger partial charge in [0.2, 0.25) is 0 Å². The van der Waals surface area contributed by atoms with Crippen molar-refractivity contribution in [2.24, 2.45) is 35.0 Å². The van der Waals surface area contributed by atoms with Gasteiger partial charge >= 0.3 is 0 Å². The number of ether oxygens (including phenoxy) is 12. The molecular formula is C58H126O12. The van der Waals surface area contributed by atoms with Crippen LogP contribution in [0.3, 0.4) is 0 Å². The largest absolute Gasteiger partial charge is 0.380 e. The van der Waals surface area contributed by atoms with Crippen LogP contribution in [0.25, 0.3) is 0 Å². The summed E-state index contributed by atoms with van der Waals surface area (Å²) in [6.45, 7) is 66.6. The summed E-state index contributed by atoms with van der Waals surface area (Å²) in [6, 6.07) is 0. The Hall–Kier alpha value is -0.480. The topological polar surface area (TPSA) is 111 Å². The van der Waals surface area contributed by atoms with Gasteiger partial charge in [0.05, 0.1) is 114 Å². The van der Waals surface area contributed by atoms with Gasteiger partial charge in [0, 0.05) is 38.4 Å². The van der Waals surface area contributed by atoms with E-state index in [1.54, 1.807) is 0 Å². The number of hydrogen-bond acceptors (Lipinski definition) is 12. The molecular weight excluding hydrogens is 889 g/mol. The minimum absolute atomic E-state index is 0.0244. The summed E-state index contributed by atoms with van der Waals surface area (Å²) in [4.78, 5) is 0. The SMILES string of the molecule is CC(C)COC(C)COC(C)C.CC(C)COCC(C)OC(C)C.CC(C)COCC(COC(C)C)OC(C)C.CC(C)COCCOC(C)C.CCC(COCC(C)C)(COC(C)C)COC(C)C. The Morgan fingerprint density at radius 2 is 0.657 bits per heavy atom. The fraction of sp³-hybridized carbons (Fsp3) is 1.00. The second-order valence-electron chi connectivity index (χ2n) is 22.8. The van der Waals surface area contributed by atoms with E-state index in [0.29, 0.717) is 101 Å². The first kappa shape index (κ1) is 78.4. The molecule has 0 aliphatic rings. The minimum atomic E-state index is -0.0244. The fourth-order valence-electron chi connectivity index (χ4n) is 5.24. The maximum absolute atomic E-state index is 5.86. The third-order valence-corrected chi connectivity index (χ3v) is 8.71. The Bertz CT molecular complexity index is 967. The van der Waals surface area contributed by atoms with E-state index in [4.69, 9.17) is 56.8 Å². The summed E-state index contributed by atoms with van der Waals surface area (Å²) in [7, 11) is 0. The molecule has 0 saturated heterocycles. The molecule has 0 spiro atoms. The van der Waals surface area contributed by atoms with Crippen molar-refractivity contribution >= 4 is 0 Å². The molecule has 0 saturated carbocycles. The highest BCUT2D eigenvalue weighted by molar-refractivity contribution is 4.78. The molecule has 0 fully saturated rings. The van der Waals surface area contributed by atoms with Crippen LogP contribution in [-0.4, -0.2) is 154 Å². The number of rotatable bonds is 38. The Kier molecular flexibility index (Phi) is 58.2. The third-order valence-electron chi connectivity index (χ3n) is 8.71. The first-order valence-electron chi connectivity index (χ1n) is 27.7. The average Bonchev–Trinajstić information content (AvgIpc) is 3.21. The molecule has 0 aliphatic heterocycles. The second-order valence-corrected chi connectivity index (χ2v) is 22.8. The molecule has 3 atom stereocenters. The Labute approximate surface area is 437 Å². The van der Waals surface area contributed by atoms with E-state index in [9.17, 15) is 0 Å². The highest BCUT2D eigenvalue weighted by atomic mass is 16.6. The van der Waals surface area contributed by atoms with Gasteiger partial charge in [-0.05, 0) is 147 Å². The normalized spacial score (nSPS) is 13.4. The van der Waals surface area contributed by atoms with Crippen molar-refractivity contribution in [3.05, 3.63) is 0 Å². The minimum Gasteiger partial charge on any atom is -0.380 e. The lowest BCUT2D eigenvalue weighted by atomic mass is 9.87. The van der Waals surface area contributed by atoms with Crippen LogP contribution in [0.15, 0.2) is 0 Å². The molecule has 0 aromatic heterocycles.